The molecule has 0 amide bonds. The van der Waals surface area contributed by atoms with Crippen LogP contribution >= 0.6 is 11.3 Å². The molecule has 6 nitrogen and oxygen atoms in total. The molecule has 0 bridgehead atoms. The van der Waals surface area contributed by atoms with Crippen LogP contribution < -0.4 is 5.73 Å². The molecule has 1 heterocycles. The van der Waals surface area contributed by atoms with Gasteiger partial charge in [-0.05, 0) is 24.6 Å². The number of carbonyl (C=O) groups is 1. The van der Waals surface area contributed by atoms with Crippen LogP contribution in [-0.4, -0.2) is 18.0 Å². The lowest BCUT2D eigenvalue weighted by Crippen LogP contribution is -2.01. The summed E-state index contributed by atoms with van der Waals surface area (Å²) in [5.74, 6) is -1.32. The van der Waals surface area contributed by atoms with Gasteiger partial charge in [0.15, 0.2) is 0 Å². The van der Waals surface area contributed by atoms with Crippen LogP contribution in [0.5, 0.6) is 0 Å². The average molecular weight is 310 g/mol. The number of nitro benzene ring substituents is 1. The molecule has 21 heavy (non-hydrogen) atoms. The molecule has 1 aromatic carbocycles. The summed E-state index contributed by atoms with van der Waals surface area (Å²) in [4.78, 5) is 22.6. The van der Waals surface area contributed by atoms with E-state index < -0.39 is 16.7 Å². The number of benzene rings is 1. The van der Waals surface area contributed by atoms with E-state index in [1.165, 1.54) is 13.2 Å². The van der Waals surface area contributed by atoms with Crippen LogP contribution in [0.15, 0.2) is 18.2 Å². The summed E-state index contributed by atoms with van der Waals surface area (Å²) in [6.45, 7) is 1.64. The smallest absolute Gasteiger partial charge is 0.350 e. The lowest BCUT2D eigenvalue weighted by Gasteiger charge is -2.02. The molecule has 0 radical (unpaired) electrons. The molecule has 0 spiro atoms. The normalized spacial score (nSPS) is 10.4. The van der Waals surface area contributed by atoms with E-state index >= 15 is 0 Å². The number of ether oxygens (including phenoxy) is 1. The summed E-state index contributed by atoms with van der Waals surface area (Å²) in [6, 6.07) is 3.25. The Morgan fingerprint density at radius 2 is 2.14 bits per heavy atom. The van der Waals surface area contributed by atoms with Crippen molar-refractivity contribution >= 4 is 28.7 Å². The monoisotopic (exact) mass is 310 g/mol. The third kappa shape index (κ3) is 2.57. The van der Waals surface area contributed by atoms with E-state index in [1.54, 1.807) is 6.92 Å². The molecule has 1 aromatic heterocycles. The van der Waals surface area contributed by atoms with Gasteiger partial charge in [0.05, 0.1) is 29.4 Å². The Morgan fingerprint density at radius 3 is 2.71 bits per heavy atom. The standard InChI is InChI=1S/C13H11FN2O4S/c1-6-10(15)12(13(17)20-2)21-11(6)8-4-3-7(14)5-9(8)16(18)19/h3-5H,15H2,1-2H3. The Morgan fingerprint density at radius 1 is 1.48 bits per heavy atom. The maximum absolute atomic E-state index is 13.2. The third-order valence-electron chi connectivity index (χ3n) is 2.97. The molecule has 0 saturated carbocycles. The first-order valence-corrected chi connectivity index (χ1v) is 6.60. The van der Waals surface area contributed by atoms with Gasteiger partial charge in [0.1, 0.15) is 10.7 Å². The van der Waals surface area contributed by atoms with Crippen LogP contribution in [0.25, 0.3) is 10.4 Å². The first kappa shape index (κ1) is 14.9. The maximum atomic E-state index is 13.2. The van der Waals surface area contributed by atoms with E-state index in [-0.39, 0.29) is 21.8 Å². The van der Waals surface area contributed by atoms with E-state index in [4.69, 9.17) is 5.73 Å². The molecule has 0 aliphatic carbocycles. The van der Waals surface area contributed by atoms with Gasteiger partial charge in [-0.25, -0.2) is 9.18 Å². The van der Waals surface area contributed by atoms with Gasteiger partial charge in [-0.15, -0.1) is 11.3 Å². The van der Waals surface area contributed by atoms with Gasteiger partial charge < -0.3 is 10.5 Å². The SMILES string of the molecule is COC(=O)c1sc(-c2ccc(F)cc2[N+](=O)[O-])c(C)c1N. The number of rotatable bonds is 3. The second-order valence-corrected chi connectivity index (χ2v) is 5.23. The number of methoxy groups -OCH3 is 1. The number of carbonyl (C=O) groups excluding carboxylic acids is 1. The minimum absolute atomic E-state index is 0.170. The lowest BCUT2D eigenvalue weighted by molar-refractivity contribution is -0.384. The van der Waals surface area contributed by atoms with Crippen LogP contribution in [0.4, 0.5) is 15.8 Å². The van der Waals surface area contributed by atoms with Crippen molar-refractivity contribution in [3.8, 4) is 10.4 Å². The van der Waals surface area contributed by atoms with Gasteiger partial charge >= 0.3 is 5.97 Å². The molecule has 0 fully saturated rings. The zero-order chi connectivity index (χ0) is 15.7. The highest BCUT2D eigenvalue weighted by Gasteiger charge is 2.25. The van der Waals surface area contributed by atoms with Gasteiger partial charge in [0.2, 0.25) is 0 Å². The molecule has 0 saturated heterocycles. The van der Waals surface area contributed by atoms with Gasteiger partial charge in [0, 0.05) is 4.88 Å². The average Bonchev–Trinajstić information content (AvgIpc) is 2.74. The number of anilines is 1. The number of esters is 1. The van der Waals surface area contributed by atoms with Crippen LogP contribution in [-0.2, 0) is 4.74 Å². The summed E-state index contributed by atoms with van der Waals surface area (Å²) >= 11 is 0.983. The Kier molecular flexibility index (Phi) is 3.90. The van der Waals surface area contributed by atoms with Crippen molar-refractivity contribution in [3.05, 3.63) is 44.6 Å². The largest absolute Gasteiger partial charge is 0.465 e. The Hall–Kier alpha value is -2.48. The Labute approximate surface area is 123 Å². The van der Waals surface area contributed by atoms with Gasteiger partial charge in [0.25, 0.3) is 5.69 Å². The molecule has 8 heteroatoms. The van der Waals surface area contributed by atoms with Crippen molar-refractivity contribution in [2.45, 2.75) is 6.92 Å². The zero-order valence-corrected chi connectivity index (χ0v) is 12.0. The highest BCUT2D eigenvalue weighted by atomic mass is 32.1. The van der Waals surface area contributed by atoms with Crippen molar-refractivity contribution in [3.63, 3.8) is 0 Å². The molecule has 0 aliphatic heterocycles. The number of halogens is 1. The minimum atomic E-state index is -0.708. The number of nitrogen functional groups attached to an aromatic ring is 1. The highest BCUT2D eigenvalue weighted by molar-refractivity contribution is 7.18. The van der Waals surface area contributed by atoms with Gasteiger partial charge in [-0.3, -0.25) is 10.1 Å². The first-order chi connectivity index (χ1) is 9.86. The summed E-state index contributed by atoms with van der Waals surface area (Å²) in [6.07, 6.45) is 0. The Bertz CT molecular complexity index is 742. The number of thiophene rings is 1. The van der Waals surface area contributed by atoms with Crippen LogP contribution in [0, 0.1) is 22.9 Å². The summed E-state index contributed by atoms with van der Waals surface area (Å²) in [5, 5.41) is 11.1. The summed E-state index contributed by atoms with van der Waals surface area (Å²) in [5.41, 5.74) is 6.41. The van der Waals surface area contributed by atoms with Crippen molar-refractivity contribution in [2.75, 3.05) is 12.8 Å². The van der Waals surface area contributed by atoms with Crippen molar-refractivity contribution in [1.82, 2.24) is 0 Å². The van der Waals surface area contributed by atoms with E-state index in [1.807, 2.05) is 0 Å². The van der Waals surface area contributed by atoms with Crippen molar-refractivity contribution < 1.29 is 18.8 Å². The number of hydrogen-bond donors (Lipinski definition) is 1. The molecule has 2 N–H and O–H groups in total. The van der Waals surface area contributed by atoms with E-state index in [0.717, 1.165) is 23.5 Å². The topological polar surface area (TPSA) is 95.5 Å². The molecular weight excluding hydrogens is 299 g/mol. The zero-order valence-electron chi connectivity index (χ0n) is 11.2. The number of nitrogens with zero attached hydrogens (tertiary/aromatic N) is 1. The number of nitro groups is 1. The third-order valence-corrected chi connectivity index (χ3v) is 4.29. The first-order valence-electron chi connectivity index (χ1n) is 5.78. The van der Waals surface area contributed by atoms with Crippen LogP contribution in [0.1, 0.15) is 15.2 Å². The predicted molar refractivity (Wildman–Crippen MR) is 76.9 cm³/mol. The molecule has 2 rings (SSSR count). The fourth-order valence-corrected chi connectivity index (χ4v) is 3.05. The molecule has 0 unspecified atom stereocenters. The predicted octanol–water partition coefficient (Wildman–Crippen LogP) is 3.14. The highest BCUT2D eigenvalue weighted by Crippen LogP contribution is 2.42. The molecule has 0 atom stereocenters. The fraction of sp³-hybridized carbons (Fsp3) is 0.154. The molecule has 2 aromatic rings. The van der Waals surface area contributed by atoms with Crippen molar-refractivity contribution in [2.24, 2.45) is 0 Å². The number of nitrogens with two attached hydrogens (primary N) is 1. The van der Waals surface area contributed by atoms with E-state index in [2.05, 4.69) is 4.74 Å². The van der Waals surface area contributed by atoms with Gasteiger partial charge in [-0.1, -0.05) is 0 Å². The molecule has 110 valence electrons. The second-order valence-electron chi connectivity index (χ2n) is 4.21. The van der Waals surface area contributed by atoms with Crippen LogP contribution in [0.2, 0.25) is 0 Å². The molecule has 0 aliphatic rings. The fourth-order valence-electron chi connectivity index (χ4n) is 1.88. The minimum Gasteiger partial charge on any atom is -0.465 e. The summed E-state index contributed by atoms with van der Waals surface area (Å²) in [7, 11) is 1.22. The lowest BCUT2D eigenvalue weighted by atomic mass is 10.1. The quantitative estimate of drug-likeness (QED) is 0.534. The Balaban J connectivity index is 2.68. The van der Waals surface area contributed by atoms with Gasteiger partial charge in [-0.2, -0.15) is 0 Å². The molecular formula is C13H11FN2O4S. The van der Waals surface area contributed by atoms with Crippen molar-refractivity contribution in [1.29, 1.82) is 0 Å². The van der Waals surface area contributed by atoms with E-state index in [0.29, 0.717) is 10.4 Å². The van der Waals surface area contributed by atoms with E-state index in [9.17, 15) is 19.3 Å². The second kappa shape index (κ2) is 5.49. The number of hydrogen-bond acceptors (Lipinski definition) is 6. The maximum Gasteiger partial charge on any atom is 0.350 e. The summed E-state index contributed by atoms with van der Waals surface area (Å²) < 4.78 is 17.8. The van der Waals surface area contributed by atoms with Crippen LogP contribution in [0.3, 0.4) is 0 Å².